The number of aryl methyl sites for hydroxylation is 1. The lowest BCUT2D eigenvalue weighted by Crippen LogP contribution is -2.26. The van der Waals surface area contributed by atoms with Crippen molar-refractivity contribution in [2.75, 3.05) is 13.2 Å². The van der Waals surface area contributed by atoms with Crippen LogP contribution in [0, 0.1) is 5.92 Å². The lowest BCUT2D eigenvalue weighted by Gasteiger charge is -2.14. The number of aliphatic hydroxyl groups is 1. The van der Waals surface area contributed by atoms with Crippen LogP contribution in [0.3, 0.4) is 0 Å². The van der Waals surface area contributed by atoms with E-state index in [-0.39, 0.29) is 12.5 Å². The zero-order valence-corrected chi connectivity index (χ0v) is 12.6. The summed E-state index contributed by atoms with van der Waals surface area (Å²) in [5.41, 5.74) is 2.11. The lowest BCUT2D eigenvalue weighted by molar-refractivity contribution is 0.220. The molecule has 2 aromatic heterocycles. The highest BCUT2D eigenvalue weighted by atomic mass is 32.1. The smallest absolute Gasteiger partial charge is 0.0926 e. The van der Waals surface area contributed by atoms with Crippen molar-refractivity contribution in [3.05, 3.63) is 46.2 Å². The molecule has 0 amide bonds. The van der Waals surface area contributed by atoms with Crippen LogP contribution < -0.4 is 5.32 Å². The number of nitrogens with zero attached hydrogens (tertiary/aromatic N) is 2. The minimum Gasteiger partial charge on any atom is -0.396 e. The zero-order chi connectivity index (χ0) is 14.2. The highest BCUT2D eigenvalue weighted by Gasteiger charge is 2.09. The van der Waals surface area contributed by atoms with E-state index in [0.29, 0.717) is 0 Å². The predicted octanol–water partition coefficient (Wildman–Crippen LogP) is 2.04. The fourth-order valence-corrected chi connectivity index (χ4v) is 2.76. The van der Waals surface area contributed by atoms with E-state index in [4.69, 9.17) is 0 Å². The first kappa shape index (κ1) is 15.1. The third-order valence-corrected chi connectivity index (χ3v) is 4.17. The molecule has 0 aromatic carbocycles. The summed E-state index contributed by atoms with van der Waals surface area (Å²) in [6.45, 7) is 3.81. The minimum atomic E-state index is 0.168. The van der Waals surface area contributed by atoms with E-state index in [2.05, 4.69) is 27.6 Å². The second-order valence-corrected chi connectivity index (χ2v) is 5.73. The van der Waals surface area contributed by atoms with Crippen LogP contribution in [0.4, 0.5) is 0 Å². The summed E-state index contributed by atoms with van der Waals surface area (Å²) >= 11 is 1.71. The Bertz CT molecular complexity index is 501. The largest absolute Gasteiger partial charge is 0.396 e. The molecule has 108 valence electrons. The van der Waals surface area contributed by atoms with Gasteiger partial charge in [-0.25, -0.2) is 4.98 Å². The fraction of sp³-hybridized carbons (Fsp3) is 0.467. The van der Waals surface area contributed by atoms with E-state index in [1.54, 1.807) is 17.5 Å². The van der Waals surface area contributed by atoms with Crippen molar-refractivity contribution in [3.8, 4) is 0 Å². The van der Waals surface area contributed by atoms with E-state index in [1.807, 2.05) is 18.2 Å². The number of hydrogen-bond donors (Lipinski definition) is 2. The Morgan fingerprint density at radius 2 is 2.25 bits per heavy atom. The van der Waals surface area contributed by atoms with Gasteiger partial charge in [-0.15, -0.1) is 11.3 Å². The Morgan fingerprint density at radius 3 is 2.90 bits per heavy atom. The molecule has 0 saturated heterocycles. The molecule has 1 unspecified atom stereocenters. The molecule has 0 saturated carbocycles. The molecular formula is C15H21N3OS. The van der Waals surface area contributed by atoms with Crippen LogP contribution in [0.2, 0.25) is 0 Å². The van der Waals surface area contributed by atoms with E-state index >= 15 is 0 Å². The van der Waals surface area contributed by atoms with E-state index in [1.165, 1.54) is 5.01 Å². The lowest BCUT2D eigenvalue weighted by atomic mass is 10.0. The van der Waals surface area contributed by atoms with Gasteiger partial charge in [-0.3, -0.25) is 4.98 Å². The summed E-state index contributed by atoms with van der Waals surface area (Å²) in [6, 6.07) is 5.88. The summed E-state index contributed by atoms with van der Waals surface area (Å²) in [5.74, 6) is 0.189. The maximum atomic E-state index is 9.45. The average Bonchev–Trinajstić information content (AvgIpc) is 2.95. The van der Waals surface area contributed by atoms with E-state index in [9.17, 15) is 5.11 Å². The third-order valence-electron chi connectivity index (χ3n) is 3.12. The van der Waals surface area contributed by atoms with Crippen LogP contribution in [-0.4, -0.2) is 28.2 Å². The molecule has 2 N–H and O–H groups in total. The van der Waals surface area contributed by atoms with Gasteiger partial charge in [-0.2, -0.15) is 0 Å². The van der Waals surface area contributed by atoms with Gasteiger partial charge in [-0.05, 0) is 30.9 Å². The first-order valence-electron chi connectivity index (χ1n) is 6.96. The van der Waals surface area contributed by atoms with Gasteiger partial charge in [-0.1, -0.05) is 13.0 Å². The van der Waals surface area contributed by atoms with E-state index < -0.39 is 0 Å². The molecule has 1 atom stereocenters. The van der Waals surface area contributed by atoms with Crippen molar-refractivity contribution in [2.24, 2.45) is 5.92 Å². The van der Waals surface area contributed by atoms with Crippen LogP contribution in [0.15, 0.2) is 29.8 Å². The van der Waals surface area contributed by atoms with Crippen molar-refractivity contribution in [2.45, 2.75) is 26.3 Å². The number of pyridine rings is 1. The molecule has 20 heavy (non-hydrogen) atoms. The second-order valence-electron chi connectivity index (χ2n) is 4.79. The first-order chi connectivity index (χ1) is 9.81. The Kier molecular flexibility index (Phi) is 6.11. The highest BCUT2D eigenvalue weighted by molar-refractivity contribution is 7.09. The molecule has 0 radical (unpaired) electrons. The minimum absolute atomic E-state index is 0.168. The summed E-state index contributed by atoms with van der Waals surface area (Å²) < 4.78 is 0. The van der Waals surface area contributed by atoms with Gasteiger partial charge in [0, 0.05) is 37.0 Å². The highest BCUT2D eigenvalue weighted by Crippen LogP contribution is 2.10. The Hall–Kier alpha value is -1.30. The molecule has 0 fully saturated rings. The molecule has 0 aliphatic heterocycles. The predicted molar refractivity (Wildman–Crippen MR) is 81.7 cm³/mol. The van der Waals surface area contributed by atoms with E-state index in [0.717, 1.165) is 37.3 Å². The maximum Gasteiger partial charge on any atom is 0.0926 e. The van der Waals surface area contributed by atoms with Crippen LogP contribution in [0.25, 0.3) is 0 Å². The Labute approximate surface area is 123 Å². The number of hydrogen-bond acceptors (Lipinski definition) is 5. The molecule has 5 heteroatoms. The van der Waals surface area contributed by atoms with Crippen LogP contribution >= 0.6 is 11.3 Å². The molecule has 0 spiro atoms. The van der Waals surface area contributed by atoms with Crippen molar-refractivity contribution in [1.29, 1.82) is 0 Å². The van der Waals surface area contributed by atoms with Gasteiger partial charge in [0.2, 0.25) is 0 Å². The summed E-state index contributed by atoms with van der Waals surface area (Å²) in [5, 5.41) is 16.1. The second kappa shape index (κ2) is 8.09. The van der Waals surface area contributed by atoms with Crippen molar-refractivity contribution >= 4 is 11.3 Å². The monoisotopic (exact) mass is 291 g/mol. The number of nitrogens with one attached hydrogen (secondary N) is 1. The summed E-state index contributed by atoms with van der Waals surface area (Å²) in [6.07, 6.45) is 3.57. The zero-order valence-electron chi connectivity index (χ0n) is 11.7. The van der Waals surface area contributed by atoms with Crippen LogP contribution in [0.5, 0.6) is 0 Å². The van der Waals surface area contributed by atoms with Crippen LogP contribution in [-0.2, 0) is 19.4 Å². The van der Waals surface area contributed by atoms with Gasteiger partial charge in [0.05, 0.1) is 10.7 Å². The Morgan fingerprint density at radius 1 is 1.35 bits per heavy atom. The normalized spacial score (nSPS) is 12.5. The molecule has 2 aromatic rings. The van der Waals surface area contributed by atoms with Gasteiger partial charge in [0.15, 0.2) is 0 Å². The number of thiazole rings is 1. The standard InChI is InChI=1S/C15H21N3OS/c1-2-15-18-14(11-20-15)9-16-8-12(10-19)7-13-5-3-4-6-17-13/h3-6,11-12,16,19H,2,7-10H2,1H3. The molecule has 0 aliphatic rings. The quantitative estimate of drug-likeness (QED) is 0.781. The SMILES string of the molecule is CCc1nc(CNCC(CO)Cc2ccccn2)cs1. The van der Waals surface area contributed by atoms with Gasteiger partial charge >= 0.3 is 0 Å². The third kappa shape index (κ3) is 4.67. The molecule has 2 heterocycles. The molecule has 0 bridgehead atoms. The number of aromatic nitrogens is 2. The van der Waals surface area contributed by atoms with Gasteiger partial charge < -0.3 is 10.4 Å². The number of rotatable bonds is 8. The van der Waals surface area contributed by atoms with Crippen molar-refractivity contribution in [3.63, 3.8) is 0 Å². The molecule has 4 nitrogen and oxygen atoms in total. The maximum absolute atomic E-state index is 9.45. The molecule has 0 aliphatic carbocycles. The Balaban J connectivity index is 1.76. The number of aliphatic hydroxyl groups excluding tert-OH is 1. The average molecular weight is 291 g/mol. The topological polar surface area (TPSA) is 58.0 Å². The molecular weight excluding hydrogens is 270 g/mol. The van der Waals surface area contributed by atoms with Gasteiger partial charge in [0.25, 0.3) is 0 Å². The van der Waals surface area contributed by atoms with Crippen LogP contribution in [0.1, 0.15) is 23.3 Å². The van der Waals surface area contributed by atoms with Crippen molar-refractivity contribution < 1.29 is 5.11 Å². The first-order valence-corrected chi connectivity index (χ1v) is 7.84. The fourth-order valence-electron chi connectivity index (χ4n) is 2.01. The van der Waals surface area contributed by atoms with Crippen molar-refractivity contribution in [1.82, 2.24) is 15.3 Å². The summed E-state index contributed by atoms with van der Waals surface area (Å²) in [7, 11) is 0. The molecule has 2 rings (SSSR count). The summed E-state index contributed by atoms with van der Waals surface area (Å²) in [4.78, 5) is 8.81. The van der Waals surface area contributed by atoms with Gasteiger partial charge in [0.1, 0.15) is 0 Å².